The quantitative estimate of drug-likeness (QED) is 0.832. The predicted octanol–water partition coefficient (Wildman–Crippen LogP) is 2.36. The normalized spacial score (nSPS) is 13.6. The van der Waals surface area contributed by atoms with Crippen molar-refractivity contribution in [1.82, 2.24) is 4.90 Å². The first-order valence-corrected chi connectivity index (χ1v) is 5.97. The van der Waals surface area contributed by atoms with E-state index in [4.69, 9.17) is 5.73 Å². The van der Waals surface area contributed by atoms with Gasteiger partial charge >= 0.3 is 0 Å². The smallest absolute Gasteiger partial charge is 0.254 e. The van der Waals surface area contributed by atoms with E-state index in [1.165, 1.54) is 0 Å². The van der Waals surface area contributed by atoms with Crippen LogP contribution in [0.2, 0.25) is 0 Å². The molecule has 0 unspecified atom stereocenters. The van der Waals surface area contributed by atoms with Crippen LogP contribution in [-0.2, 0) is 6.54 Å². The number of nitrogens with zero attached hydrogens (tertiary/aromatic N) is 1. The molecule has 1 fully saturated rings. The van der Waals surface area contributed by atoms with Gasteiger partial charge in [-0.25, -0.2) is 0 Å². The summed E-state index contributed by atoms with van der Waals surface area (Å²) in [5.74, 6) is 0.0935. The fourth-order valence-electron chi connectivity index (χ4n) is 1.87. The molecule has 0 atom stereocenters. The second-order valence-corrected chi connectivity index (χ2v) is 4.38. The number of nitrogens with two attached hydrogens (primary N) is 1. The molecule has 1 aromatic carbocycles. The molecule has 18 heavy (non-hydrogen) atoms. The monoisotopic (exact) mass is 266 g/mol. The van der Waals surface area contributed by atoms with Crippen LogP contribution in [0, 0.1) is 0 Å². The molecule has 0 radical (unpaired) electrons. The van der Waals surface area contributed by atoms with Crippen LogP contribution in [-0.4, -0.2) is 23.4 Å². The van der Waals surface area contributed by atoms with E-state index >= 15 is 0 Å². The average Bonchev–Trinajstić information content (AvgIpc) is 3.19. The van der Waals surface area contributed by atoms with Crippen LogP contribution < -0.4 is 5.73 Å². The summed E-state index contributed by atoms with van der Waals surface area (Å²) in [4.78, 5) is 14.2. The van der Waals surface area contributed by atoms with Gasteiger partial charge in [-0.1, -0.05) is 18.2 Å². The van der Waals surface area contributed by atoms with Crippen molar-refractivity contribution in [3.8, 4) is 0 Å². The van der Waals surface area contributed by atoms with Crippen LogP contribution in [0.15, 0.2) is 36.9 Å². The first-order chi connectivity index (χ1) is 8.26. The molecule has 0 heterocycles. The van der Waals surface area contributed by atoms with Gasteiger partial charge in [-0.3, -0.25) is 4.79 Å². The number of carbonyl (C=O) groups excluding carboxylic acids is 1. The fourth-order valence-corrected chi connectivity index (χ4v) is 1.87. The molecular formula is C14H19ClN2O. The summed E-state index contributed by atoms with van der Waals surface area (Å²) in [6, 6.07) is 7.93. The Morgan fingerprint density at radius 1 is 1.39 bits per heavy atom. The van der Waals surface area contributed by atoms with Crippen LogP contribution in [0.1, 0.15) is 28.8 Å². The topological polar surface area (TPSA) is 46.3 Å². The van der Waals surface area contributed by atoms with Gasteiger partial charge < -0.3 is 10.6 Å². The first kappa shape index (κ1) is 14.7. The van der Waals surface area contributed by atoms with Crippen molar-refractivity contribution < 1.29 is 4.79 Å². The molecule has 1 aromatic rings. The molecule has 0 aliphatic heterocycles. The van der Waals surface area contributed by atoms with Crippen molar-refractivity contribution in [1.29, 1.82) is 0 Å². The van der Waals surface area contributed by atoms with Gasteiger partial charge in [-0.2, -0.15) is 0 Å². The zero-order valence-corrected chi connectivity index (χ0v) is 11.2. The molecule has 3 nitrogen and oxygen atoms in total. The number of benzene rings is 1. The van der Waals surface area contributed by atoms with Gasteiger partial charge in [-0.15, -0.1) is 19.0 Å². The Bertz CT molecular complexity index is 412. The van der Waals surface area contributed by atoms with Gasteiger partial charge in [0.1, 0.15) is 0 Å². The highest BCUT2D eigenvalue weighted by molar-refractivity contribution is 5.94. The van der Waals surface area contributed by atoms with E-state index in [2.05, 4.69) is 6.58 Å². The molecule has 2 N–H and O–H groups in total. The molecule has 1 saturated carbocycles. The lowest BCUT2D eigenvalue weighted by atomic mass is 10.1. The summed E-state index contributed by atoms with van der Waals surface area (Å²) in [6.45, 7) is 4.84. The molecule has 0 spiro atoms. The number of halogens is 1. The molecule has 0 aromatic heterocycles. The van der Waals surface area contributed by atoms with Gasteiger partial charge in [0.05, 0.1) is 0 Å². The summed E-state index contributed by atoms with van der Waals surface area (Å²) in [6.07, 6.45) is 4.01. The molecular weight excluding hydrogens is 248 g/mol. The Morgan fingerprint density at radius 3 is 2.44 bits per heavy atom. The van der Waals surface area contributed by atoms with E-state index in [1.807, 2.05) is 29.2 Å². The minimum Gasteiger partial charge on any atom is -0.332 e. The van der Waals surface area contributed by atoms with Gasteiger partial charge in [0.15, 0.2) is 0 Å². The SMILES string of the molecule is C=CCN(C(=O)c1ccc(CN)cc1)C1CC1.Cl. The third-order valence-corrected chi connectivity index (χ3v) is 3.01. The molecule has 0 bridgehead atoms. The number of amides is 1. The molecule has 0 saturated heterocycles. The molecule has 1 aliphatic rings. The number of rotatable bonds is 5. The maximum absolute atomic E-state index is 12.3. The summed E-state index contributed by atoms with van der Waals surface area (Å²) < 4.78 is 0. The summed E-state index contributed by atoms with van der Waals surface area (Å²) in [5.41, 5.74) is 7.31. The van der Waals surface area contributed by atoms with E-state index in [0.717, 1.165) is 24.0 Å². The second-order valence-electron chi connectivity index (χ2n) is 4.38. The highest BCUT2D eigenvalue weighted by atomic mass is 35.5. The van der Waals surface area contributed by atoms with Gasteiger partial charge in [0, 0.05) is 24.7 Å². The lowest BCUT2D eigenvalue weighted by Gasteiger charge is -2.20. The highest BCUT2D eigenvalue weighted by Crippen LogP contribution is 2.28. The Hall–Kier alpha value is -1.32. The zero-order valence-electron chi connectivity index (χ0n) is 10.3. The maximum atomic E-state index is 12.3. The van der Waals surface area contributed by atoms with Crippen molar-refractivity contribution >= 4 is 18.3 Å². The lowest BCUT2D eigenvalue weighted by molar-refractivity contribution is 0.0762. The highest BCUT2D eigenvalue weighted by Gasteiger charge is 2.32. The summed E-state index contributed by atoms with van der Waals surface area (Å²) in [7, 11) is 0. The minimum atomic E-state index is 0. The first-order valence-electron chi connectivity index (χ1n) is 5.97. The van der Waals surface area contributed by atoms with E-state index < -0.39 is 0 Å². The Kier molecular flexibility index (Phi) is 5.38. The van der Waals surface area contributed by atoms with E-state index in [-0.39, 0.29) is 18.3 Å². The number of hydrogen-bond acceptors (Lipinski definition) is 2. The molecule has 2 rings (SSSR count). The van der Waals surface area contributed by atoms with Crippen molar-refractivity contribution in [2.24, 2.45) is 5.73 Å². The van der Waals surface area contributed by atoms with E-state index in [0.29, 0.717) is 19.1 Å². The zero-order chi connectivity index (χ0) is 12.3. The standard InChI is InChI=1S/C14H18N2O.ClH/c1-2-9-16(13-7-8-13)14(17)12-5-3-11(10-15)4-6-12;/h2-6,13H,1,7-10,15H2;1H. The summed E-state index contributed by atoms with van der Waals surface area (Å²) >= 11 is 0. The Balaban J connectivity index is 0.00000162. The molecule has 1 aliphatic carbocycles. The van der Waals surface area contributed by atoms with Crippen LogP contribution in [0.25, 0.3) is 0 Å². The molecule has 1 amide bonds. The van der Waals surface area contributed by atoms with Crippen LogP contribution >= 0.6 is 12.4 Å². The van der Waals surface area contributed by atoms with E-state index in [9.17, 15) is 4.79 Å². The maximum Gasteiger partial charge on any atom is 0.254 e. The van der Waals surface area contributed by atoms with Gasteiger partial charge in [0.25, 0.3) is 5.91 Å². The second kappa shape index (κ2) is 6.57. The third kappa shape index (κ3) is 3.34. The molecule has 98 valence electrons. The van der Waals surface area contributed by atoms with Crippen molar-refractivity contribution in [3.63, 3.8) is 0 Å². The summed E-state index contributed by atoms with van der Waals surface area (Å²) in [5, 5.41) is 0. The fraction of sp³-hybridized carbons (Fsp3) is 0.357. The third-order valence-electron chi connectivity index (χ3n) is 3.01. The van der Waals surface area contributed by atoms with Crippen molar-refractivity contribution in [2.75, 3.05) is 6.54 Å². The Morgan fingerprint density at radius 2 is 2.00 bits per heavy atom. The van der Waals surface area contributed by atoms with Gasteiger partial charge in [-0.05, 0) is 30.5 Å². The van der Waals surface area contributed by atoms with Crippen molar-refractivity contribution in [2.45, 2.75) is 25.4 Å². The van der Waals surface area contributed by atoms with Crippen LogP contribution in [0.4, 0.5) is 0 Å². The average molecular weight is 267 g/mol. The van der Waals surface area contributed by atoms with Gasteiger partial charge in [0.2, 0.25) is 0 Å². The van der Waals surface area contributed by atoms with Crippen molar-refractivity contribution in [3.05, 3.63) is 48.0 Å². The number of hydrogen-bond donors (Lipinski definition) is 1. The predicted molar refractivity (Wildman–Crippen MR) is 75.8 cm³/mol. The lowest BCUT2D eigenvalue weighted by Crippen LogP contribution is -2.33. The molecule has 4 heteroatoms. The Labute approximate surface area is 114 Å². The van der Waals surface area contributed by atoms with E-state index in [1.54, 1.807) is 6.08 Å². The number of carbonyl (C=O) groups is 1. The minimum absolute atomic E-state index is 0. The largest absolute Gasteiger partial charge is 0.332 e. The van der Waals surface area contributed by atoms with Crippen LogP contribution in [0.5, 0.6) is 0 Å². The van der Waals surface area contributed by atoms with Crippen LogP contribution in [0.3, 0.4) is 0 Å².